The number of aliphatic hydroxyl groups excluding tert-OH is 2. The fourth-order valence-corrected chi connectivity index (χ4v) is 3.19. The third-order valence-electron chi connectivity index (χ3n) is 4.66. The van der Waals surface area contributed by atoms with Crippen LogP contribution in [0.1, 0.15) is 45.4 Å². The van der Waals surface area contributed by atoms with Crippen molar-refractivity contribution < 1.29 is 10.2 Å². The van der Waals surface area contributed by atoms with Gasteiger partial charge in [-0.3, -0.25) is 4.90 Å². The molecule has 1 aliphatic heterocycles. The van der Waals surface area contributed by atoms with Crippen LogP contribution in [0.5, 0.6) is 0 Å². The van der Waals surface area contributed by atoms with E-state index in [0.29, 0.717) is 5.41 Å². The van der Waals surface area contributed by atoms with E-state index in [1.807, 2.05) is 6.92 Å². The molecule has 1 saturated heterocycles. The van der Waals surface area contributed by atoms with Gasteiger partial charge in [0.25, 0.3) is 0 Å². The smallest absolute Gasteiger partial charge is 0.0644 e. The normalized spacial score (nSPS) is 26.4. The Bertz CT molecular complexity index is 222. The number of hydrogen-bond acceptors (Lipinski definition) is 3. The molecule has 0 radical (unpaired) electrons. The van der Waals surface area contributed by atoms with Gasteiger partial charge in [-0.1, -0.05) is 25.7 Å². The van der Waals surface area contributed by atoms with Gasteiger partial charge in [0, 0.05) is 13.1 Å². The Morgan fingerprint density at radius 3 is 1.94 bits per heavy atom. The highest BCUT2D eigenvalue weighted by molar-refractivity contribution is 5.02. The minimum atomic E-state index is -0.405. The summed E-state index contributed by atoms with van der Waals surface area (Å²) in [5.74, 6) is 0. The summed E-state index contributed by atoms with van der Waals surface area (Å²) in [6.07, 6.45) is 8.19. The molecular weight excluding hydrogens is 202 g/mol. The van der Waals surface area contributed by atoms with Crippen LogP contribution in [-0.4, -0.2) is 47.0 Å². The van der Waals surface area contributed by atoms with Crippen molar-refractivity contribution >= 4 is 0 Å². The first-order chi connectivity index (χ1) is 7.64. The number of aliphatic hydroxyl groups is 2. The van der Waals surface area contributed by atoms with E-state index < -0.39 is 5.54 Å². The van der Waals surface area contributed by atoms with Gasteiger partial charge in [0.15, 0.2) is 0 Å². The van der Waals surface area contributed by atoms with Gasteiger partial charge in [-0.05, 0) is 25.2 Å². The predicted octanol–water partition coefficient (Wildman–Crippen LogP) is 1.39. The second-order valence-electron chi connectivity index (χ2n) is 6.08. The Labute approximate surface area is 98.5 Å². The van der Waals surface area contributed by atoms with Crippen molar-refractivity contribution in [2.75, 3.05) is 26.3 Å². The number of likely N-dealkylation sites (tertiary alicyclic amines) is 1. The van der Waals surface area contributed by atoms with Gasteiger partial charge in [0.05, 0.1) is 18.8 Å². The third-order valence-corrected chi connectivity index (χ3v) is 4.66. The highest BCUT2D eigenvalue weighted by atomic mass is 16.3. The molecule has 3 heteroatoms. The van der Waals surface area contributed by atoms with Crippen LogP contribution in [-0.2, 0) is 0 Å². The Hall–Kier alpha value is -0.120. The Kier molecular flexibility index (Phi) is 3.57. The largest absolute Gasteiger partial charge is 0.394 e. The highest BCUT2D eigenvalue weighted by Gasteiger charge is 2.48. The van der Waals surface area contributed by atoms with Crippen molar-refractivity contribution in [2.45, 2.75) is 51.0 Å². The van der Waals surface area contributed by atoms with Crippen LogP contribution in [0, 0.1) is 5.41 Å². The summed E-state index contributed by atoms with van der Waals surface area (Å²) in [7, 11) is 0. The lowest BCUT2D eigenvalue weighted by Crippen LogP contribution is -2.66. The summed E-state index contributed by atoms with van der Waals surface area (Å²) >= 11 is 0. The van der Waals surface area contributed by atoms with E-state index in [9.17, 15) is 10.2 Å². The third kappa shape index (κ3) is 2.13. The summed E-state index contributed by atoms with van der Waals surface area (Å²) in [4.78, 5) is 2.26. The summed E-state index contributed by atoms with van der Waals surface area (Å²) in [5.41, 5.74) is 0.111. The standard InChI is InChI=1S/C13H25NO2/c1-12(10-15,11-16)14-8-13(9-14)6-4-2-3-5-7-13/h15-16H,2-11H2,1H3. The van der Waals surface area contributed by atoms with Crippen molar-refractivity contribution in [1.82, 2.24) is 4.90 Å². The van der Waals surface area contributed by atoms with Gasteiger partial charge in [-0.25, -0.2) is 0 Å². The first-order valence-electron chi connectivity index (χ1n) is 6.61. The van der Waals surface area contributed by atoms with Gasteiger partial charge in [0.1, 0.15) is 0 Å². The predicted molar refractivity (Wildman–Crippen MR) is 64.3 cm³/mol. The molecular formula is C13H25NO2. The molecule has 2 aliphatic rings. The van der Waals surface area contributed by atoms with Crippen molar-refractivity contribution in [3.8, 4) is 0 Å². The average Bonchev–Trinajstić information content (AvgIpc) is 2.51. The van der Waals surface area contributed by atoms with E-state index in [-0.39, 0.29) is 13.2 Å². The summed E-state index contributed by atoms with van der Waals surface area (Å²) in [6, 6.07) is 0. The maximum atomic E-state index is 9.36. The van der Waals surface area contributed by atoms with Crippen molar-refractivity contribution in [1.29, 1.82) is 0 Å². The highest BCUT2D eigenvalue weighted by Crippen LogP contribution is 2.45. The molecule has 0 amide bonds. The zero-order chi connectivity index (χ0) is 11.6. The van der Waals surface area contributed by atoms with E-state index in [1.165, 1.54) is 38.5 Å². The summed E-state index contributed by atoms with van der Waals surface area (Å²) in [6.45, 7) is 4.21. The van der Waals surface area contributed by atoms with Gasteiger partial charge in [0.2, 0.25) is 0 Å². The lowest BCUT2D eigenvalue weighted by Gasteiger charge is -2.57. The fraction of sp³-hybridized carbons (Fsp3) is 1.00. The SMILES string of the molecule is CC(CO)(CO)N1CC2(CCCCCC2)C1. The lowest BCUT2D eigenvalue weighted by molar-refractivity contribution is -0.114. The molecule has 16 heavy (non-hydrogen) atoms. The maximum Gasteiger partial charge on any atom is 0.0644 e. The van der Waals surface area contributed by atoms with Crippen molar-refractivity contribution in [3.63, 3.8) is 0 Å². The van der Waals surface area contributed by atoms with E-state index in [1.54, 1.807) is 0 Å². The number of rotatable bonds is 3. The van der Waals surface area contributed by atoms with Crippen LogP contribution < -0.4 is 0 Å². The van der Waals surface area contributed by atoms with E-state index in [4.69, 9.17) is 0 Å². The quantitative estimate of drug-likeness (QED) is 0.765. The van der Waals surface area contributed by atoms with Crippen LogP contribution in [0.4, 0.5) is 0 Å². The zero-order valence-electron chi connectivity index (χ0n) is 10.4. The van der Waals surface area contributed by atoms with Crippen LogP contribution in [0.3, 0.4) is 0 Å². The lowest BCUT2D eigenvalue weighted by atomic mass is 9.71. The molecule has 0 bridgehead atoms. The van der Waals surface area contributed by atoms with Crippen molar-refractivity contribution in [3.05, 3.63) is 0 Å². The van der Waals surface area contributed by atoms with Crippen LogP contribution >= 0.6 is 0 Å². The number of nitrogens with zero attached hydrogens (tertiary/aromatic N) is 1. The topological polar surface area (TPSA) is 43.7 Å². The molecule has 1 saturated carbocycles. The Morgan fingerprint density at radius 1 is 1.00 bits per heavy atom. The minimum absolute atomic E-state index is 0.0551. The first kappa shape index (κ1) is 12.3. The molecule has 3 nitrogen and oxygen atoms in total. The van der Waals surface area contributed by atoms with Crippen molar-refractivity contribution in [2.24, 2.45) is 5.41 Å². The second-order valence-corrected chi connectivity index (χ2v) is 6.08. The second kappa shape index (κ2) is 4.63. The van der Waals surface area contributed by atoms with Gasteiger partial charge in [-0.15, -0.1) is 0 Å². The fourth-order valence-electron chi connectivity index (χ4n) is 3.19. The van der Waals surface area contributed by atoms with Crippen LogP contribution in [0.2, 0.25) is 0 Å². The summed E-state index contributed by atoms with van der Waals surface area (Å²) < 4.78 is 0. The molecule has 2 fully saturated rings. The molecule has 0 atom stereocenters. The van der Waals surface area contributed by atoms with Gasteiger partial charge < -0.3 is 10.2 Å². The number of hydrogen-bond donors (Lipinski definition) is 2. The molecule has 1 spiro atoms. The minimum Gasteiger partial charge on any atom is -0.394 e. The molecule has 0 aromatic carbocycles. The maximum absolute atomic E-state index is 9.36. The van der Waals surface area contributed by atoms with E-state index in [0.717, 1.165) is 13.1 Å². The molecule has 2 rings (SSSR count). The molecule has 1 heterocycles. The van der Waals surface area contributed by atoms with Crippen LogP contribution in [0.15, 0.2) is 0 Å². The first-order valence-corrected chi connectivity index (χ1v) is 6.61. The van der Waals surface area contributed by atoms with Gasteiger partial charge in [-0.2, -0.15) is 0 Å². The zero-order valence-corrected chi connectivity index (χ0v) is 10.4. The summed E-state index contributed by atoms with van der Waals surface area (Å²) in [5, 5.41) is 18.7. The van der Waals surface area contributed by atoms with E-state index in [2.05, 4.69) is 4.90 Å². The monoisotopic (exact) mass is 227 g/mol. The van der Waals surface area contributed by atoms with Crippen LogP contribution in [0.25, 0.3) is 0 Å². The molecule has 0 aromatic rings. The Morgan fingerprint density at radius 2 is 1.50 bits per heavy atom. The molecule has 94 valence electrons. The Balaban J connectivity index is 1.92. The molecule has 1 aliphatic carbocycles. The van der Waals surface area contributed by atoms with E-state index >= 15 is 0 Å². The molecule has 0 unspecified atom stereocenters. The molecule has 0 aromatic heterocycles. The molecule has 2 N–H and O–H groups in total. The van der Waals surface area contributed by atoms with Gasteiger partial charge >= 0.3 is 0 Å². The average molecular weight is 227 g/mol.